The van der Waals surface area contributed by atoms with E-state index in [1.54, 1.807) is 17.4 Å². The molecule has 1 N–H and O–H groups in total. The molecular weight excluding hydrogens is 311 g/mol. The van der Waals surface area contributed by atoms with Crippen LogP contribution in [0, 0.1) is 0 Å². The van der Waals surface area contributed by atoms with Crippen LogP contribution in [0.2, 0.25) is 10.0 Å². The van der Waals surface area contributed by atoms with Crippen LogP contribution < -0.4 is 5.32 Å². The topological polar surface area (TPSA) is 24.9 Å². The van der Waals surface area contributed by atoms with E-state index in [1.165, 1.54) is 0 Å². The van der Waals surface area contributed by atoms with Crippen molar-refractivity contribution in [1.29, 1.82) is 0 Å². The van der Waals surface area contributed by atoms with E-state index in [0.717, 1.165) is 29.2 Å². The Morgan fingerprint density at radius 3 is 2.78 bits per heavy atom. The number of halogens is 3. The van der Waals surface area contributed by atoms with E-state index in [9.17, 15) is 0 Å². The predicted molar refractivity (Wildman–Crippen MR) is 82.4 cm³/mol. The average Bonchev–Trinajstić information content (AvgIpc) is 2.75. The second kappa shape index (κ2) is 7.31. The maximum atomic E-state index is 6.15. The first-order valence-electron chi connectivity index (χ1n) is 5.25. The first-order chi connectivity index (χ1) is 8.20. The van der Waals surface area contributed by atoms with Crippen LogP contribution in [-0.2, 0) is 6.42 Å². The lowest BCUT2D eigenvalue weighted by molar-refractivity contribution is 0.788. The number of rotatable bonds is 4. The van der Waals surface area contributed by atoms with E-state index in [2.05, 4.69) is 10.3 Å². The van der Waals surface area contributed by atoms with Crippen molar-refractivity contribution in [3.8, 4) is 11.3 Å². The highest BCUT2D eigenvalue weighted by atomic mass is 35.5. The van der Waals surface area contributed by atoms with Crippen molar-refractivity contribution in [2.75, 3.05) is 13.6 Å². The summed E-state index contributed by atoms with van der Waals surface area (Å²) in [4.78, 5) is 4.56. The first-order valence-corrected chi connectivity index (χ1v) is 6.88. The van der Waals surface area contributed by atoms with Gasteiger partial charge in [0, 0.05) is 28.9 Å². The maximum Gasteiger partial charge on any atom is 0.0945 e. The Labute approximate surface area is 127 Å². The quantitative estimate of drug-likeness (QED) is 0.907. The molecule has 98 valence electrons. The Kier molecular flexibility index (Phi) is 6.39. The zero-order chi connectivity index (χ0) is 12.3. The molecule has 2 aromatic rings. The van der Waals surface area contributed by atoms with Crippen LogP contribution in [0.4, 0.5) is 0 Å². The average molecular weight is 324 g/mol. The molecule has 0 saturated heterocycles. The zero-order valence-corrected chi connectivity index (χ0v) is 12.9. The number of likely N-dealkylation sites (N-methyl/N-ethyl adjacent to an activating group) is 1. The van der Waals surface area contributed by atoms with Crippen molar-refractivity contribution >= 4 is 46.9 Å². The molecule has 0 radical (unpaired) electrons. The highest BCUT2D eigenvalue weighted by Crippen LogP contribution is 2.31. The molecule has 6 heteroatoms. The lowest BCUT2D eigenvalue weighted by Crippen LogP contribution is -2.09. The van der Waals surface area contributed by atoms with Crippen molar-refractivity contribution in [3.05, 3.63) is 38.6 Å². The van der Waals surface area contributed by atoms with Crippen LogP contribution in [0.25, 0.3) is 11.3 Å². The summed E-state index contributed by atoms with van der Waals surface area (Å²) in [6, 6.07) is 5.47. The van der Waals surface area contributed by atoms with E-state index in [-0.39, 0.29) is 12.4 Å². The molecule has 1 aromatic carbocycles. The summed E-state index contributed by atoms with van der Waals surface area (Å²) < 4.78 is 0. The number of hydrogen-bond donors (Lipinski definition) is 1. The molecule has 0 aliphatic rings. The minimum Gasteiger partial charge on any atom is -0.319 e. The maximum absolute atomic E-state index is 6.15. The van der Waals surface area contributed by atoms with Crippen LogP contribution in [-0.4, -0.2) is 18.6 Å². The van der Waals surface area contributed by atoms with Gasteiger partial charge in [0.05, 0.1) is 15.7 Å². The molecule has 1 aromatic heterocycles. The molecule has 0 bridgehead atoms. The SMILES string of the molecule is CNCCc1nc(-c2ccc(Cl)cc2Cl)cs1.Cl. The van der Waals surface area contributed by atoms with Crippen molar-refractivity contribution in [3.63, 3.8) is 0 Å². The largest absolute Gasteiger partial charge is 0.319 e. The number of aromatic nitrogens is 1. The van der Waals surface area contributed by atoms with Crippen LogP contribution in [0.15, 0.2) is 23.6 Å². The molecule has 0 fully saturated rings. The fourth-order valence-corrected chi connectivity index (χ4v) is 2.78. The van der Waals surface area contributed by atoms with Gasteiger partial charge < -0.3 is 5.32 Å². The third-order valence-corrected chi connectivity index (χ3v) is 3.80. The summed E-state index contributed by atoms with van der Waals surface area (Å²) in [5.74, 6) is 0. The monoisotopic (exact) mass is 322 g/mol. The van der Waals surface area contributed by atoms with Crippen molar-refractivity contribution < 1.29 is 0 Å². The third-order valence-electron chi connectivity index (χ3n) is 2.35. The van der Waals surface area contributed by atoms with Gasteiger partial charge in [-0.2, -0.15) is 0 Å². The summed E-state index contributed by atoms with van der Waals surface area (Å²) in [6.45, 7) is 0.932. The number of benzene rings is 1. The van der Waals surface area contributed by atoms with Crippen LogP contribution in [0.5, 0.6) is 0 Å². The lowest BCUT2D eigenvalue weighted by atomic mass is 10.2. The minimum atomic E-state index is 0. The Hall–Kier alpha value is -0.320. The Balaban J connectivity index is 0.00000162. The van der Waals surface area contributed by atoms with E-state index < -0.39 is 0 Å². The fourth-order valence-electron chi connectivity index (χ4n) is 1.48. The third kappa shape index (κ3) is 3.84. The summed E-state index contributed by atoms with van der Waals surface area (Å²) in [7, 11) is 1.94. The minimum absolute atomic E-state index is 0. The van der Waals surface area contributed by atoms with Crippen LogP contribution in [0.1, 0.15) is 5.01 Å². The molecule has 0 atom stereocenters. The smallest absolute Gasteiger partial charge is 0.0945 e. The van der Waals surface area contributed by atoms with Crippen LogP contribution >= 0.6 is 46.9 Å². The molecule has 0 aliphatic carbocycles. The van der Waals surface area contributed by atoms with Gasteiger partial charge in [-0.15, -0.1) is 23.7 Å². The van der Waals surface area contributed by atoms with Gasteiger partial charge in [-0.1, -0.05) is 23.2 Å². The summed E-state index contributed by atoms with van der Waals surface area (Å²) in [5, 5.41) is 7.53. The standard InChI is InChI=1S/C12H12Cl2N2S.ClH/c1-15-5-4-12-16-11(7-17-12)9-3-2-8(13)6-10(9)14;/h2-3,6-7,15H,4-5H2,1H3;1H. The molecule has 0 spiro atoms. The van der Waals surface area contributed by atoms with Crippen molar-refractivity contribution in [1.82, 2.24) is 10.3 Å². The Morgan fingerprint density at radius 1 is 1.33 bits per heavy atom. The first kappa shape index (κ1) is 15.7. The molecule has 0 unspecified atom stereocenters. The van der Waals surface area contributed by atoms with E-state index >= 15 is 0 Å². The molecule has 2 rings (SSSR count). The second-order valence-electron chi connectivity index (χ2n) is 3.60. The number of nitrogens with one attached hydrogen (secondary N) is 1. The van der Waals surface area contributed by atoms with Gasteiger partial charge in [0.15, 0.2) is 0 Å². The van der Waals surface area contributed by atoms with E-state index in [4.69, 9.17) is 23.2 Å². The molecule has 1 heterocycles. The molecule has 0 amide bonds. The highest BCUT2D eigenvalue weighted by molar-refractivity contribution is 7.09. The van der Waals surface area contributed by atoms with Gasteiger partial charge in [0.2, 0.25) is 0 Å². The van der Waals surface area contributed by atoms with Gasteiger partial charge in [-0.25, -0.2) is 4.98 Å². The lowest BCUT2D eigenvalue weighted by Gasteiger charge is -2.00. The zero-order valence-electron chi connectivity index (χ0n) is 9.74. The van der Waals surface area contributed by atoms with Crippen LogP contribution in [0.3, 0.4) is 0 Å². The van der Waals surface area contributed by atoms with Gasteiger partial charge in [-0.05, 0) is 25.2 Å². The van der Waals surface area contributed by atoms with E-state index in [1.807, 2.05) is 24.6 Å². The molecule has 2 nitrogen and oxygen atoms in total. The molecule has 0 aliphatic heterocycles. The predicted octanol–water partition coefficient (Wildman–Crippen LogP) is 4.30. The Bertz CT molecular complexity index is 514. The molecular formula is C12H13Cl3N2S. The summed E-state index contributed by atoms with van der Waals surface area (Å²) >= 11 is 13.7. The highest BCUT2D eigenvalue weighted by Gasteiger charge is 2.08. The Morgan fingerprint density at radius 2 is 2.11 bits per heavy atom. The van der Waals surface area contributed by atoms with Gasteiger partial charge >= 0.3 is 0 Å². The number of thiazole rings is 1. The molecule has 18 heavy (non-hydrogen) atoms. The second-order valence-corrected chi connectivity index (χ2v) is 5.39. The van der Waals surface area contributed by atoms with Gasteiger partial charge in [0.25, 0.3) is 0 Å². The summed E-state index contributed by atoms with van der Waals surface area (Å²) in [6.07, 6.45) is 0.937. The van der Waals surface area contributed by atoms with E-state index in [0.29, 0.717) is 10.0 Å². The normalized spacial score (nSPS) is 10.2. The summed E-state index contributed by atoms with van der Waals surface area (Å²) in [5.41, 5.74) is 1.85. The number of nitrogens with zero attached hydrogens (tertiary/aromatic N) is 1. The van der Waals surface area contributed by atoms with Gasteiger partial charge in [0.1, 0.15) is 0 Å². The fraction of sp³-hybridized carbons (Fsp3) is 0.250. The van der Waals surface area contributed by atoms with Crippen molar-refractivity contribution in [2.24, 2.45) is 0 Å². The molecule has 0 saturated carbocycles. The van der Waals surface area contributed by atoms with Crippen molar-refractivity contribution in [2.45, 2.75) is 6.42 Å². The number of hydrogen-bond acceptors (Lipinski definition) is 3. The van der Waals surface area contributed by atoms with Gasteiger partial charge in [-0.3, -0.25) is 0 Å².